The van der Waals surface area contributed by atoms with Crippen LogP contribution in [0.1, 0.15) is 6.92 Å². The van der Waals surface area contributed by atoms with Crippen LogP contribution >= 0.6 is 9.12 Å². The number of rotatable bonds is 0. The van der Waals surface area contributed by atoms with Crippen molar-refractivity contribution in [2.45, 2.75) is 6.92 Å². The molecule has 0 saturated heterocycles. The summed E-state index contributed by atoms with van der Waals surface area (Å²) in [5, 5.41) is 0. The van der Waals surface area contributed by atoms with Gasteiger partial charge in [0, 0.05) is 0 Å². The topological polar surface area (TPSA) is 43.1 Å². The van der Waals surface area contributed by atoms with Crippen molar-refractivity contribution < 1.29 is 4.70 Å². The van der Waals surface area contributed by atoms with E-state index in [4.69, 9.17) is 10.4 Å². The fourth-order valence-electron chi connectivity index (χ4n) is 0. The van der Waals surface area contributed by atoms with E-state index in [0.717, 1.165) is 6.54 Å². The van der Waals surface area contributed by atoms with E-state index in [1.54, 1.807) is 0 Å². The summed E-state index contributed by atoms with van der Waals surface area (Å²) in [5.74, 6) is 0. The van der Waals surface area contributed by atoms with Crippen molar-refractivity contribution in [3.05, 3.63) is 0 Å². The Hall–Kier alpha value is 0.255. The maximum atomic E-state index is 8.77. The van der Waals surface area contributed by atoms with Crippen molar-refractivity contribution in [1.29, 1.82) is 0 Å². The summed E-state index contributed by atoms with van der Waals surface area (Å²) in [7, 11) is 1.90. The van der Waals surface area contributed by atoms with Gasteiger partial charge in [0.1, 0.15) is 0 Å². The fraction of sp³-hybridized carbons (Fsp3) is 1.00. The first kappa shape index (κ1) is 9.54. The maximum absolute atomic E-state index is 8.77. The molecule has 0 aromatic carbocycles. The van der Waals surface area contributed by atoms with E-state index in [-0.39, 0.29) is 0 Å². The normalized spacial score (nSPS) is 4.50. The van der Waals surface area contributed by atoms with Crippen LogP contribution in [0.15, 0.2) is 0 Å². The van der Waals surface area contributed by atoms with Gasteiger partial charge in [0.15, 0.2) is 0 Å². The third-order valence-corrected chi connectivity index (χ3v) is 0. The van der Waals surface area contributed by atoms with Crippen molar-refractivity contribution in [3.8, 4) is 0 Å². The molecule has 0 aliphatic heterocycles. The van der Waals surface area contributed by atoms with Crippen molar-refractivity contribution in [1.82, 2.24) is 0 Å². The first-order valence-electron chi connectivity index (χ1n) is 1.68. The zero-order valence-electron chi connectivity index (χ0n) is 3.85. The zero-order chi connectivity index (χ0) is 5.41. The number of nitrogens with two attached hydrogens (primary N) is 1. The van der Waals surface area contributed by atoms with Crippen LogP contribution in [0.2, 0.25) is 0 Å². The molecule has 0 aliphatic carbocycles. The standard InChI is InChI=1S/C2H7N.BH2OP/c1-2-3;2-1-3/h2-3H2,1H3;3H2. The van der Waals surface area contributed by atoms with E-state index in [9.17, 15) is 0 Å². The van der Waals surface area contributed by atoms with Crippen LogP contribution in [0.25, 0.3) is 0 Å². The molecule has 0 amide bonds. The second kappa shape index (κ2) is 18.7. The molecule has 0 spiro atoms. The van der Waals surface area contributed by atoms with Crippen LogP contribution in [0.4, 0.5) is 0 Å². The molecule has 0 heterocycles. The first-order valence-corrected chi connectivity index (χ1v) is 2.35. The van der Waals surface area contributed by atoms with E-state index in [0.29, 0.717) is 6.87 Å². The molecular weight excluding hydrogens is 95.8 g/mol. The van der Waals surface area contributed by atoms with Crippen molar-refractivity contribution in [3.63, 3.8) is 0 Å². The predicted molar refractivity (Wildman–Crippen MR) is 30.9 cm³/mol. The summed E-state index contributed by atoms with van der Waals surface area (Å²) in [5.41, 5.74) is 4.85. The van der Waals surface area contributed by atoms with Gasteiger partial charge in [0.05, 0.1) is 0 Å². The Labute approximate surface area is 40.9 Å². The van der Waals surface area contributed by atoms with E-state index in [2.05, 4.69) is 0 Å². The molecule has 4 heteroatoms. The second-order valence-electron chi connectivity index (χ2n) is 0.544. The molecule has 0 bridgehead atoms. The van der Waals surface area contributed by atoms with Gasteiger partial charge in [-0.15, -0.1) is 0 Å². The fourth-order valence-corrected chi connectivity index (χ4v) is 0. The second-order valence-corrected chi connectivity index (χ2v) is 0.816. The Morgan fingerprint density at radius 2 is 2.00 bits per heavy atom. The predicted octanol–water partition coefficient (Wildman–Crippen LogP) is -0.209. The van der Waals surface area contributed by atoms with Crippen LogP contribution in [0, 0.1) is 0 Å². The van der Waals surface area contributed by atoms with Crippen molar-refractivity contribution in [2.75, 3.05) is 6.54 Å². The molecule has 36 valence electrons. The van der Waals surface area contributed by atoms with Gasteiger partial charge in [-0.1, -0.05) is 6.92 Å². The monoisotopic (exact) mass is 105 g/mol. The summed E-state index contributed by atoms with van der Waals surface area (Å²) < 4.78 is 8.77. The summed E-state index contributed by atoms with van der Waals surface area (Å²) in [6.45, 7) is 3.32. The summed E-state index contributed by atoms with van der Waals surface area (Å²) >= 11 is 0. The minimum atomic E-state index is 0.667. The van der Waals surface area contributed by atoms with Crippen molar-refractivity contribution in [2.24, 2.45) is 5.73 Å². The van der Waals surface area contributed by atoms with Crippen molar-refractivity contribution >= 4 is 16.0 Å². The Morgan fingerprint density at radius 1 is 2.00 bits per heavy atom. The molecule has 0 fully saturated rings. The third-order valence-electron chi connectivity index (χ3n) is 0. The summed E-state index contributed by atoms with van der Waals surface area (Å²) in [6, 6.07) is 0. The quantitative estimate of drug-likeness (QED) is 0.342. The van der Waals surface area contributed by atoms with E-state index in [1.165, 1.54) is 0 Å². The Kier molecular flexibility index (Phi) is 29.8. The Morgan fingerprint density at radius 3 is 2.00 bits per heavy atom. The SMILES string of the molecule is CCN.O=BP. The average molecular weight is 105 g/mol. The van der Waals surface area contributed by atoms with Crippen LogP contribution in [-0.2, 0) is 4.70 Å². The molecule has 6 heavy (non-hydrogen) atoms. The van der Waals surface area contributed by atoms with Gasteiger partial charge in [-0.2, -0.15) is 0 Å². The molecule has 0 aromatic rings. The van der Waals surface area contributed by atoms with Gasteiger partial charge >= 0.3 is 20.7 Å². The molecule has 0 saturated carbocycles. The van der Waals surface area contributed by atoms with Gasteiger partial charge in [-0.25, -0.2) is 0 Å². The van der Waals surface area contributed by atoms with Crippen LogP contribution in [0.3, 0.4) is 0 Å². The van der Waals surface area contributed by atoms with E-state index in [1.807, 2.05) is 16.0 Å². The molecule has 1 atom stereocenters. The molecule has 0 aromatic heterocycles. The number of hydrogen-bond acceptors (Lipinski definition) is 2. The number of hydrogen-bond donors (Lipinski definition) is 1. The van der Waals surface area contributed by atoms with Crippen LogP contribution in [0.5, 0.6) is 0 Å². The van der Waals surface area contributed by atoms with Crippen LogP contribution < -0.4 is 5.73 Å². The van der Waals surface area contributed by atoms with Gasteiger partial charge in [-0.05, 0) is 6.54 Å². The molecular formula is C2H9BNOP. The molecule has 2 N–H and O–H groups in total. The van der Waals surface area contributed by atoms with E-state index < -0.39 is 0 Å². The average Bonchev–Trinajstić information content (AvgIpc) is 1.39. The molecule has 0 rings (SSSR count). The minimum absolute atomic E-state index is 0.667. The first-order chi connectivity index (χ1) is 2.83. The Bertz CT molecular complexity index is 27.5. The molecule has 2 nitrogen and oxygen atoms in total. The molecule has 1 unspecified atom stereocenters. The van der Waals surface area contributed by atoms with Gasteiger partial charge in [-0.3, -0.25) is 0 Å². The van der Waals surface area contributed by atoms with Crippen LogP contribution in [-0.4, -0.2) is 13.4 Å². The zero-order valence-corrected chi connectivity index (χ0v) is 5.00. The van der Waals surface area contributed by atoms with E-state index >= 15 is 0 Å². The van der Waals surface area contributed by atoms with Gasteiger partial charge in [0.25, 0.3) is 0 Å². The summed E-state index contributed by atoms with van der Waals surface area (Å²) in [6.07, 6.45) is 0. The molecule has 0 radical (unpaired) electrons. The van der Waals surface area contributed by atoms with Gasteiger partial charge < -0.3 is 5.73 Å². The Balaban J connectivity index is 0. The van der Waals surface area contributed by atoms with Gasteiger partial charge in [0.2, 0.25) is 0 Å². The molecule has 0 aliphatic rings. The third kappa shape index (κ3) is 694. The summed E-state index contributed by atoms with van der Waals surface area (Å²) in [4.78, 5) is 0.